The predicted molar refractivity (Wildman–Crippen MR) is 70.3 cm³/mol. The predicted octanol–water partition coefficient (Wildman–Crippen LogP) is 2.07. The van der Waals surface area contributed by atoms with Crippen LogP contribution in [0.1, 0.15) is 11.1 Å². The van der Waals surface area contributed by atoms with Gasteiger partial charge in [0.15, 0.2) is 0 Å². The third-order valence-corrected chi connectivity index (χ3v) is 3.20. The summed E-state index contributed by atoms with van der Waals surface area (Å²) in [6.45, 7) is 2.25. The molecule has 2 rings (SSSR count). The zero-order chi connectivity index (χ0) is 13.3. The first-order chi connectivity index (χ1) is 8.62. The van der Waals surface area contributed by atoms with Gasteiger partial charge in [-0.25, -0.2) is 9.97 Å². The van der Waals surface area contributed by atoms with Crippen molar-refractivity contribution in [3.05, 3.63) is 22.2 Å². The summed E-state index contributed by atoms with van der Waals surface area (Å²) in [6.07, 6.45) is 0. The van der Waals surface area contributed by atoms with E-state index in [1.165, 1.54) is 14.2 Å². The first kappa shape index (κ1) is 12.9. The first-order valence-corrected chi connectivity index (χ1v) is 5.78. The lowest BCUT2D eigenvalue weighted by Gasteiger charge is -2.12. The minimum absolute atomic E-state index is 0.327. The summed E-state index contributed by atoms with van der Waals surface area (Å²) in [5, 5.41) is 0.615. The van der Waals surface area contributed by atoms with Crippen molar-refractivity contribution in [3.63, 3.8) is 0 Å². The highest BCUT2D eigenvalue weighted by atomic mass is 35.5. The average Bonchev–Trinajstić information content (AvgIpc) is 2.39. The smallest absolute Gasteiger partial charge is 0.278 e. The number of methoxy groups -OCH3 is 2. The van der Waals surface area contributed by atoms with E-state index in [9.17, 15) is 0 Å². The molecule has 0 atom stereocenters. The summed E-state index contributed by atoms with van der Waals surface area (Å²) in [4.78, 5) is 8.71. The molecule has 0 aliphatic heterocycles. The molecule has 18 heavy (non-hydrogen) atoms. The van der Waals surface area contributed by atoms with Crippen LogP contribution >= 0.6 is 11.6 Å². The van der Waals surface area contributed by atoms with Gasteiger partial charge in [-0.3, -0.25) is 0 Å². The standard InChI is InChI=1S/C12H14ClN3O2/c1-6-7(5-14)10-9(4-8(6)13)15-11(17-2)12(16-10)18-3/h4H,5,14H2,1-3H3. The molecule has 5 nitrogen and oxygen atoms in total. The van der Waals surface area contributed by atoms with Crippen molar-refractivity contribution in [2.24, 2.45) is 5.73 Å². The Labute approximate surface area is 110 Å². The normalized spacial score (nSPS) is 10.7. The van der Waals surface area contributed by atoms with E-state index in [0.717, 1.165) is 11.1 Å². The SMILES string of the molecule is COc1nc2cc(Cl)c(C)c(CN)c2nc1OC. The van der Waals surface area contributed by atoms with Gasteiger partial charge in [0, 0.05) is 11.6 Å². The van der Waals surface area contributed by atoms with Gasteiger partial charge in [0.2, 0.25) is 0 Å². The maximum Gasteiger partial charge on any atom is 0.278 e. The highest BCUT2D eigenvalue weighted by molar-refractivity contribution is 6.32. The molecule has 0 bridgehead atoms. The van der Waals surface area contributed by atoms with Gasteiger partial charge in [0.25, 0.3) is 11.8 Å². The molecule has 0 saturated carbocycles. The van der Waals surface area contributed by atoms with Crippen LogP contribution in [0.4, 0.5) is 0 Å². The molecular formula is C12H14ClN3O2. The van der Waals surface area contributed by atoms with Gasteiger partial charge >= 0.3 is 0 Å². The summed E-state index contributed by atoms with van der Waals surface area (Å²) >= 11 is 6.15. The van der Waals surface area contributed by atoms with Crippen molar-refractivity contribution in [1.82, 2.24) is 9.97 Å². The molecule has 0 saturated heterocycles. The Morgan fingerprint density at radius 3 is 2.39 bits per heavy atom. The minimum Gasteiger partial charge on any atom is -0.477 e. The first-order valence-electron chi connectivity index (χ1n) is 5.40. The molecular weight excluding hydrogens is 254 g/mol. The number of fused-ring (bicyclic) bond motifs is 1. The quantitative estimate of drug-likeness (QED) is 0.922. The Morgan fingerprint density at radius 2 is 1.83 bits per heavy atom. The maximum absolute atomic E-state index is 6.15. The highest BCUT2D eigenvalue weighted by Crippen LogP contribution is 2.31. The number of rotatable bonds is 3. The van der Waals surface area contributed by atoms with Crippen LogP contribution in [0.15, 0.2) is 6.07 Å². The molecule has 2 N–H and O–H groups in total. The Balaban J connectivity index is 2.84. The van der Waals surface area contributed by atoms with Crippen molar-refractivity contribution in [2.75, 3.05) is 14.2 Å². The Bertz CT molecular complexity index is 602. The van der Waals surface area contributed by atoms with Crippen molar-refractivity contribution in [3.8, 4) is 11.8 Å². The molecule has 1 heterocycles. The second-order valence-corrected chi connectivity index (χ2v) is 4.18. The molecule has 2 aromatic rings. The molecule has 0 aliphatic carbocycles. The number of aromatic nitrogens is 2. The van der Waals surface area contributed by atoms with Crippen LogP contribution in [0.5, 0.6) is 11.8 Å². The van der Waals surface area contributed by atoms with Crippen molar-refractivity contribution < 1.29 is 9.47 Å². The lowest BCUT2D eigenvalue weighted by atomic mass is 10.1. The Morgan fingerprint density at radius 1 is 1.22 bits per heavy atom. The maximum atomic E-state index is 6.15. The number of hydrogen-bond donors (Lipinski definition) is 1. The fourth-order valence-corrected chi connectivity index (χ4v) is 2.02. The van der Waals surface area contributed by atoms with E-state index < -0.39 is 0 Å². The van der Waals surface area contributed by atoms with Crippen molar-refractivity contribution >= 4 is 22.6 Å². The fraction of sp³-hybridized carbons (Fsp3) is 0.333. The lowest BCUT2D eigenvalue weighted by molar-refractivity contribution is 0.334. The van der Waals surface area contributed by atoms with Crippen LogP contribution in [-0.2, 0) is 6.54 Å². The van der Waals surface area contributed by atoms with E-state index in [0.29, 0.717) is 34.4 Å². The van der Waals surface area contributed by atoms with E-state index in [4.69, 9.17) is 26.8 Å². The lowest BCUT2D eigenvalue weighted by Crippen LogP contribution is -2.05. The number of ether oxygens (including phenoxy) is 2. The molecule has 0 fully saturated rings. The molecule has 1 aromatic heterocycles. The van der Waals surface area contributed by atoms with E-state index in [1.54, 1.807) is 6.07 Å². The van der Waals surface area contributed by atoms with Gasteiger partial charge in [-0.1, -0.05) is 11.6 Å². The number of hydrogen-bond acceptors (Lipinski definition) is 5. The van der Waals surface area contributed by atoms with Crippen LogP contribution in [0.2, 0.25) is 5.02 Å². The van der Waals surface area contributed by atoms with Crippen LogP contribution in [0.25, 0.3) is 11.0 Å². The van der Waals surface area contributed by atoms with E-state index in [2.05, 4.69) is 9.97 Å². The minimum atomic E-state index is 0.327. The van der Waals surface area contributed by atoms with E-state index >= 15 is 0 Å². The van der Waals surface area contributed by atoms with Crippen LogP contribution in [0, 0.1) is 6.92 Å². The van der Waals surface area contributed by atoms with E-state index in [1.807, 2.05) is 6.92 Å². The Hall–Kier alpha value is -1.59. The van der Waals surface area contributed by atoms with Crippen LogP contribution in [-0.4, -0.2) is 24.2 Å². The number of nitrogens with two attached hydrogens (primary N) is 1. The molecule has 0 amide bonds. The zero-order valence-electron chi connectivity index (χ0n) is 10.5. The average molecular weight is 268 g/mol. The fourth-order valence-electron chi connectivity index (χ4n) is 1.81. The summed E-state index contributed by atoms with van der Waals surface area (Å²) in [6, 6.07) is 1.75. The molecule has 0 aliphatic rings. The molecule has 0 spiro atoms. The molecule has 1 aromatic carbocycles. The second-order valence-electron chi connectivity index (χ2n) is 3.78. The monoisotopic (exact) mass is 267 g/mol. The third kappa shape index (κ3) is 1.95. The largest absolute Gasteiger partial charge is 0.477 e. The zero-order valence-corrected chi connectivity index (χ0v) is 11.2. The molecule has 0 unspecified atom stereocenters. The van der Waals surface area contributed by atoms with Gasteiger partial charge in [-0.05, 0) is 24.1 Å². The van der Waals surface area contributed by atoms with Gasteiger partial charge in [-0.2, -0.15) is 0 Å². The summed E-state index contributed by atoms with van der Waals surface area (Å²) in [5.41, 5.74) is 8.86. The van der Waals surface area contributed by atoms with Gasteiger partial charge in [0.05, 0.1) is 25.3 Å². The molecule has 96 valence electrons. The van der Waals surface area contributed by atoms with Gasteiger partial charge in [-0.15, -0.1) is 0 Å². The topological polar surface area (TPSA) is 70.3 Å². The molecule has 0 radical (unpaired) electrons. The number of benzene rings is 1. The summed E-state index contributed by atoms with van der Waals surface area (Å²) in [7, 11) is 3.03. The summed E-state index contributed by atoms with van der Waals surface area (Å²) < 4.78 is 10.3. The highest BCUT2D eigenvalue weighted by Gasteiger charge is 2.15. The number of halogens is 1. The number of nitrogens with zero attached hydrogens (tertiary/aromatic N) is 2. The Kier molecular flexibility index (Phi) is 3.54. The summed E-state index contributed by atoms with van der Waals surface area (Å²) in [5.74, 6) is 0.661. The second kappa shape index (κ2) is 4.96. The molecule has 6 heteroatoms. The van der Waals surface area contributed by atoms with Crippen molar-refractivity contribution in [2.45, 2.75) is 13.5 Å². The van der Waals surface area contributed by atoms with Gasteiger partial charge in [0.1, 0.15) is 0 Å². The third-order valence-electron chi connectivity index (χ3n) is 2.81. The van der Waals surface area contributed by atoms with E-state index in [-0.39, 0.29) is 0 Å². The van der Waals surface area contributed by atoms with Crippen LogP contribution in [0.3, 0.4) is 0 Å². The van der Waals surface area contributed by atoms with Crippen LogP contribution < -0.4 is 15.2 Å². The van der Waals surface area contributed by atoms with Gasteiger partial charge < -0.3 is 15.2 Å². The van der Waals surface area contributed by atoms with Crippen molar-refractivity contribution in [1.29, 1.82) is 0 Å².